The first kappa shape index (κ1) is 38.4. The van der Waals surface area contributed by atoms with Gasteiger partial charge in [0.15, 0.2) is 6.10 Å². The average molecular weight is 686 g/mol. The van der Waals surface area contributed by atoms with E-state index in [1.165, 1.54) is 47.4 Å². The van der Waals surface area contributed by atoms with E-state index in [1.54, 1.807) is 38.3 Å². The van der Waals surface area contributed by atoms with E-state index < -0.39 is 71.7 Å². The smallest absolute Gasteiger partial charge is 0.311 e. The number of rotatable bonds is 7. The number of aromatic hydroxyl groups is 1. The molecule has 3 N–H and O–H groups in total. The number of benzene rings is 1. The lowest BCUT2D eigenvalue weighted by Crippen LogP contribution is -2.58. The Morgan fingerprint density at radius 2 is 1.60 bits per heavy atom. The monoisotopic (exact) mass is 685 g/mol. The number of amides is 4. The molecular formula is C35H51N5O7S. The van der Waals surface area contributed by atoms with Crippen LogP contribution in [0.3, 0.4) is 0 Å². The van der Waals surface area contributed by atoms with E-state index >= 15 is 0 Å². The zero-order chi connectivity index (χ0) is 35.9. The SMILES string of the molecule is CCC[C@H]1NC(=O)c2csc(n2)[C@H](C)NC(=O)[C@H](C(C)C)N(C)C(=O)[C@H](Cc2ccc(O)cc2)N(C)C(=O)[C@H]([C@@H](C)CC)OC(=O)[C@H]1C. The molecule has 1 aliphatic heterocycles. The van der Waals surface area contributed by atoms with Gasteiger partial charge in [-0.2, -0.15) is 0 Å². The van der Waals surface area contributed by atoms with Gasteiger partial charge in [0.1, 0.15) is 28.5 Å². The van der Waals surface area contributed by atoms with Gasteiger partial charge in [0, 0.05) is 37.9 Å². The lowest BCUT2D eigenvalue weighted by atomic mass is 9.95. The van der Waals surface area contributed by atoms with Crippen LogP contribution < -0.4 is 10.6 Å². The molecule has 0 fully saturated rings. The molecule has 0 saturated heterocycles. The van der Waals surface area contributed by atoms with Gasteiger partial charge in [-0.3, -0.25) is 24.0 Å². The van der Waals surface area contributed by atoms with Crippen molar-refractivity contribution < 1.29 is 33.8 Å². The Balaban J connectivity index is 2.15. The lowest BCUT2D eigenvalue weighted by Gasteiger charge is -2.38. The van der Waals surface area contributed by atoms with Gasteiger partial charge in [-0.05, 0) is 50.3 Å². The molecule has 0 saturated carbocycles. The van der Waals surface area contributed by atoms with Crippen LogP contribution in [0.5, 0.6) is 5.75 Å². The van der Waals surface area contributed by atoms with Crippen molar-refractivity contribution in [3.63, 3.8) is 0 Å². The van der Waals surface area contributed by atoms with Gasteiger partial charge in [0.25, 0.3) is 11.8 Å². The molecule has 0 radical (unpaired) electrons. The number of phenols is 1. The molecule has 0 spiro atoms. The number of carbonyl (C=O) groups is 5. The van der Waals surface area contributed by atoms with Crippen LogP contribution in [-0.4, -0.2) is 87.8 Å². The van der Waals surface area contributed by atoms with Crippen molar-refractivity contribution in [1.29, 1.82) is 0 Å². The third-order valence-corrected chi connectivity index (χ3v) is 10.2. The number of hydrogen-bond donors (Lipinski definition) is 3. The van der Waals surface area contributed by atoms with Crippen molar-refractivity contribution in [1.82, 2.24) is 25.4 Å². The van der Waals surface area contributed by atoms with Gasteiger partial charge in [-0.1, -0.05) is 53.2 Å². The van der Waals surface area contributed by atoms with Crippen LogP contribution >= 0.6 is 11.3 Å². The number of carbonyl (C=O) groups excluding carboxylic acids is 5. The number of cyclic esters (lactones) is 1. The van der Waals surface area contributed by atoms with Gasteiger partial charge in [0.2, 0.25) is 11.8 Å². The predicted molar refractivity (Wildman–Crippen MR) is 183 cm³/mol. The first-order valence-electron chi connectivity index (χ1n) is 16.7. The molecule has 2 aromatic rings. The fourth-order valence-electron chi connectivity index (χ4n) is 5.87. The maximum absolute atomic E-state index is 14.4. The Morgan fingerprint density at radius 3 is 2.19 bits per heavy atom. The van der Waals surface area contributed by atoms with Crippen LogP contribution in [0, 0.1) is 17.8 Å². The standard InChI is InChI=1S/C35H51N5O7S/c1-10-12-25-21(6)35(46)47-29(20(5)11-2)34(45)39(8)27(17-23-13-15-24(41)16-14-23)33(44)40(9)28(19(3)4)31(43)36-22(7)32-38-26(18-48-32)30(42)37-25/h13-16,18-22,25,27-29,41H,10-12,17H2,1-9H3,(H,36,43)(H,37,42)/t20-,21-,22-,25+,27-,28-,29-/m0/s1. The number of ether oxygens (including phenoxy) is 1. The molecule has 48 heavy (non-hydrogen) atoms. The van der Waals surface area contributed by atoms with Crippen molar-refractivity contribution >= 4 is 40.9 Å². The van der Waals surface area contributed by atoms with Gasteiger partial charge < -0.3 is 30.3 Å². The fourth-order valence-corrected chi connectivity index (χ4v) is 6.68. The number of hydrogen-bond acceptors (Lipinski definition) is 9. The normalized spacial score (nSPS) is 25.9. The number of thiazole rings is 1. The van der Waals surface area contributed by atoms with Crippen molar-refractivity contribution in [2.24, 2.45) is 17.8 Å². The van der Waals surface area contributed by atoms with Gasteiger partial charge in [-0.15, -0.1) is 11.3 Å². The highest BCUT2D eigenvalue weighted by atomic mass is 32.1. The number of nitrogens with zero attached hydrogens (tertiary/aromatic N) is 3. The van der Waals surface area contributed by atoms with Gasteiger partial charge >= 0.3 is 5.97 Å². The zero-order valence-electron chi connectivity index (χ0n) is 29.5. The van der Waals surface area contributed by atoms with E-state index in [4.69, 9.17) is 4.74 Å². The Kier molecular flexibility index (Phi) is 13.5. The molecule has 1 aromatic carbocycles. The van der Waals surface area contributed by atoms with E-state index in [0.717, 1.165) is 0 Å². The van der Waals surface area contributed by atoms with E-state index in [-0.39, 0.29) is 23.8 Å². The summed E-state index contributed by atoms with van der Waals surface area (Å²) >= 11 is 1.23. The highest BCUT2D eigenvalue weighted by Gasteiger charge is 2.41. The fraction of sp³-hybridized carbons (Fsp3) is 0.600. The number of nitrogens with one attached hydrogen (secondary N) is 2. The minimum atomic E-state index is -1.21. The van der Waals surface area contributed by atoms with E-state index in [9.17, 15) is 29.1 Å². The average Bonchev–Trinajstić information content (AvgIpc) is 3.55. The quantitative estimate of drug-likeness (QED) is 0.368. The largest absolute Gasteiger partial charge is 0.508 e. The molecule has 0 unspecified atom stereocenters. The summed E-state index contributed by atoms with van der Waals surface area (Å²) in [7, 11) is 3.04. The summed E-state index contributed by atoms with van der Waals surface area (Å²) in [4.78, 5) is 76.6. The number of aromatic nitrogens is 1. The van der Waals surface area contributed by atoms with Gasteiger partial charge in [0.05, 0.1) is 12.0 Å². The molecule has 2 heterocycles. The number of esters is 1. The Labute approximate surface area is 287 Å². The second-order valence-electron chi connectivity index (χ2n) is 13.2. The van der Waals surface area contributed by atoms with Crippen molar-refractivity contribution in [3.8, 4) is 5.75 Å². The maximum Gasteiger partial charge on any atom is 0.311 e. The van der Waals surface area contributed by atoms with Crippen LogP contribution in [0.15, 0.2) is 29.6 Å². The summed E-state index contributed by atoms with van der Waals surface area (Å²) < 4.78 is 5.95. The maximum atomic E-state index is 14.4. The molecule has 3 rings (SSSR count). The molecule has 264 valence electrons. The summed E-state index contributed by atoms with van der Waals surface area (Å²) in [6.45, 7) is 12.7. The zero-order valence-corrected chi connectivity index (χ0v) is 30.3. The molecule has 4 amide bonds. The number of likely N-dealkylation sites (N-methyl/N-ethyl adjacent to an activating group) is 2. The summed E-state index contributed by atoms with van der Waals surface area (Å²) in [6.07, 6.45) is 0.549. The molecule has 7 atom stereocenters. The number of fused-ring (bicyclic) bond motifs is 2. The lowest BCUT2D eigenvalue weighted by molar-refractivity contribution is -0.169. The molecule has 1 aliphatic rings. The highest BCUT2D eigenvalue weighted by molar-refractivity contribution is 7.09. The highest BCUT2D eigenvalue weighted by Crippen LogP contribution is 2.25. The summed E-state index contributed by atoms with van der Waals surface area (Å²) in [6, 6.07) is 3.21. The van der Waals surface area contributed by atoms with Crippen LogP contribution in [-0.2, 0) is 30.3 Å². The topological polar surface area (TPSA) is 158 Å². The second kappa shape index (κ2) is 16.9. The molecule has 13 heteroatoms. The molecule has 0 aliphatic carbocycles. The third-order valence-electron chi connectivity index (χ3n) is 9.15. The molecule has 2 bridgehead atoms. The van der Waals surface area contributed by atoms with Crippen LogP contribution in [0.2, 0.25) is 0 Å². The first-order chi connectivity index (χ1) is 22.6. The second-order valence-corrected chi connectivity index (χ2v) is 14.1. The predicted octanol–water partition coefficient (Wildman–Crippen LogP) is 4.08. The van der Waals surface area contributed by atoms with Crippen molar-refractivity contribution in [3.05, 3.63) is 45.9 Å². The minimum absolute atomic E-state index is 0.0561. The first-order valence-corrected chi connectivity index (χ1v) is 17.6. The Morgan fingerprint density at radius 1 is 0.958 bits per heavy atom. The van der Waals surface area contributed by atoms with Crippen LogP contribution in [0.4, 0.5) is 0 Å². The van der Waals surface area contributed by atoms with E-state index in [2.05, 4.69) is 15.6 Å². The van der Waals surface area contributed by atoms with Crippen LogP contribution in [0.25, 0.3) is 0 Å². The molecule has 12 nitrogen and oxygen atoms in total. The Hall–Kier alpha value is -4.00. The molecule has 1 aromatic heterocycles. The van der Waals surface area contributed by atoms with Crippen LogP contribution in [0.1, 0.15) is 94.8 Å². The van der Waals surface area contributed by atoms with Gasteiger partial charge in [-0.25, -0.2) is 4.98 Å². The van der Waals surface area contributed by atoms with Crippen molar-refractivity contribution in [2.45, 2.75) is 104 Å². The van der Waals surface area contributed by atoms with E-state index in [0.29, 0.717) is 29.8 Å². The van der Waals surface area contributed by atoms with E-state index in [1.807, 2.05) is 27.7 Å². The minimum Gasteiger partial charge on any atom is -0.508 e. The van der Waals surface area contributed by atoms with Crippen molar-refractivity contribution in [2.75, 3.05) is 14.1 Å². The number of phenolic OH excluding ortho intramolecular Hbond substituents is 1. The Bertz CT molecular complexity index is 1440. The summed E-state index contributed by atoms with van der Waals surface area (Å²) in [5, 5.41) is 17.9. The summed E-state index contributed by atoms with van der Waals surface area (Å²) in [5.74, 6) is -3.97. The summed E-state index contributed by atoms with van der Waals surface area (Å²) in [5.41, 5.74) is 0.843. The third kappa shape index (κ3) is 9.12. The molecular weight excluding hydrogens is 634 g/mol.